The van der Waals surface area contributed by atoms with Gasteiger partial charge in [-0.25, -0.2) is 0 Å². The Kier molecular flexibility index (Phi) is 4.27. The van der Waals surface area contributed by atoms with Crippen LogP contribution in [0.4, 0.5) is 17.1 Å². The lowest BCUT2D eigenvalue weighted by molar-refractivity contribution is -0.385. The van der Waals surface area contributed by atoms with Gasteiger partial charge in [0, 0.05) is 12.1 Å². The van der Waals surface area contributed by atoms with Crippen molar-refractivity contribution in [2.45, 2.75) is 13.8 Å². The summed E-state index contributed by atoms with van der Waals surface area (Å²) in [7, 11) is 1.41. The second kappa shape index (κ2) is 6.13. The molecule has 0 aliphatic heterocycles. The molecule has 2 N–H and O–H groups in total. The SMILES string of the molecule is COc1cc(NNc2ccc(C)c(C)c2)ccc1[N+](=O)[O-]. The van der Waals surface area contributed by atoms with Gasteiger partial charge < -0.3 is 15.6 Å². The molecule has 2 aromatic rings. The van der Waals surface area contributed by atoms with Gasteiger partial charge in [0.1, 0.15) is 0 Å². The first kappa shape index (κ1) is 14.6. The number of nitrogens with zero attached hydrogens (tertiary/aromatic N) is 1. The first-order chi connectivity index (χ1) is 10.0. The fourth-order valence-electron chi connectivity index (χ4n) is 1.87. The van der Waals surface area contributed by atoms with E-state index in [1.807, 2.05) is 32.0 Å². The molecular formula is C15H17N3O3. The maximum absolute atomic E-state index is 10.8. The van der Waals surface area contributed by atoms with Crippen LogP contribution in [-0.2, 0) is 0 Å². The van der Waals surface area contributed by atoms with Gasteiger partial charge in [0.05, 0.1) is 23.4 Å². The molecule has 0 atom stereocenters. The minimum Gasteiger partial charge on any atom is -0.490 e. The molecule has 0 heterocycles. The van der Waals surface area contributed by atoms with Crippen LogP contribution in [-0.4, -0.2) is 12.0 Å². The Morgan fingerprint density at radius 1 is 1.00 bits per heavy atom. The van der Waals surface area contributed by atoms with Crippen molar-refractivity contribution in [3.8, 4) is 5.75 Å². The van der Waals surface area contributed by atoms with Crippen LogP contribution in [0.2, 0.25) is 0 Å². The highest BCUT2D eigenvalue weighted by atomic mass is 16.6. The lowest BCUT2D eigenvalue weighted by atomic mass is 10.1. The molecule has 21 heavy (non-hydrogen) atoms. The molecule has 2 rings (SSSR count). The number of nitro groups is 1. The van der Waals surface area contributed by atoms with Crippen LogP contribution < -0.4 is 15.6 Å². The summed E-state index contributed by atoms with van der Waals surface area (Å²) in [6.07, 6.45) is 0. The highest BCUT2D eigenvalue weighted by Crippen LogP contribution is 2.29. The molecule has 0 spiro atoms. The fraction of sp³-hybridized carbons (Fsp3) is 0.200. The number of methoxy groups -OCH3 is 1. The van der Waals surface area contributed by atoms with Crippen LogP contribution in [0.15, 0.2) is 36.4 Å². The van der Waals surface area contributed by atoms with Crippen molar-refractivity contribution in [1.29, 1.82) is 0 Å². The maximum Gasteiger partial charge on any atom is 0.311 e. The smallest absolute Gasteiger partial charge is 0.311 e. The van der Waals surface area contributed by atoms with Crippen molar-refractivity contribution < 1.29 is 9.66 Å². The van der Waals surface area contributed by atoms with Crippen LogP contribution >= 0.6 is 0 Å². The van der Waals surface area contributed by atoms with Crippen LogP contribution in [0.3, 0.4) is 0 Å². The van der Waals surface area contributed by atoms with E-state index in [0.29, 0.717) is 5.69 Å². The summed E-state index contributed by atoms with van der Waals surface area (Å²) in [6.45, 7) is 4.09. The molecule has 0 radical (unpaired) electrons. The van der Waals surface area contributed by atoms with Crippen LogP contribution in [0.1, 0.15) is 11.1 Å². The summed E-state index contributed by atoms with van der Waals surface area (Å²) in [5.41, 5.74) is 9.98. The second-order valence-electron chi connectivity index (χ2n) is 4.69. The molecule has 0 unspecified atom stereocenters. The highest BCUT2D eigenvalue weighted by molar-refractivity contribution is 5.61. The monoisotopic (exact) mass is 287 g/mol. The molecule has 0 bridgehead atoms. The largest absolute Gasteiger partial charge is 0.490 e. The molecule has 6 heteroatoms. The minimum absolute atomic E-state index is 0.0609. The van der Waals surface area contributed by atoms with Gasteiger partial charge in [-0.3, -0.25) is 10.1 Å². The lowest BCUT2D eigenvalue weighted by Crippen LogP contribution is -2.09. The third-order valence-corrected chi connectivity index (χ3v) is 3.23. The van der Waals surface area contributed by atoms with Crippen molar-refractivity contribution in [1.82, 2.24) is 0 Å². The fourth-order valence-corrected chi connectivity index (χ4v) is 1.87. The molecule has 0 aliphatic rings. The highest BCUT2D eigenvalue weighted by Gasteiger charge is 2.14. The average Bonchev–Trinajstić information content (AvgIpc) is 2.48. The Bertz CT molecular complexity index is 671. The van der Waals surface area contributed by atoms with E-state index in [9.17, 15) is 10.1 Å². The first-order valence-electron chi connectivity index (χ1n) is 6.43. The van der Waals surface area contributed by atoms with E-state index in [4.69, 9.17) is 4.74 Å². The van der Waals surface area contributed by atoms with Gasteiger partial charge in [0.2, 0.25) is 0 Å². The third kappa shape index (κ3) is 3.42. The summed E-state index contributed by atoms with van der Waals surface area (Å²) in [5.74, 6) is 0.215. The van der Waals surface area contributed by atoms with Gasteiger partial charge in [-0.1, -0.05) is 6.07 Å². The summed E-state index contributed by atoms with van der Waals surface area (Å²) >= 11 is 0. The lowest BCUT2D eigenvalue weighted by Gasteiger charge is -2.12. The van der Waals surface area contributed by atoms with E-state index >= 15 is 0 Å². The molecule has 0 fully saturated rings. The number of hydrogen-bond acceptors (Lipinski definition) is 5. The first-order valence-corrected chi connectivity index (χ1v) is 6.43. The number of hydrogen-bond donors (Lipinski definition) is 2. The Hall–Kier alpha value is -2.76. The van der Waals surface area contributed by atoms with E-state index in [1.54, 1.807) is 12.1 Å². The van der Waals surface area contributed by atoms with Gasteiger partial charge in [-0.2, -0.15) is 0 Å². The van der Waals surface area contributed by atoms with Gasteiger partial charge >= 0.3 is 5.69 Å². The Morgan fingerprint density at radius 3 is 2.19 bits per heavy atom. The Morgan fingerprint density at radius 2 is 1.62 bits per heavy atom. The summed E-state index contributed by atoms with van der Waals surface area (Å²) in [6, 6.07) is 10.6. The Labute approximate surface area is 122 Å². The molecule has 6 nitrogen and oxygen atoms in total. The van der Waals surface area contributed by atoms with Gasteiger partial charge in [-0.15, -0.1) is 0 Å². The topological polar surface area (TPSA) is 76.4 Å². The molecule has 0 aliphatic carbocycles. The number of aryl methyl sites for hydroxylation is 2. The van der Waals surface area contributed by atoms with Gasteiger partial charge in [-0.05, 0) is 43.2 Å². The molecule has 0 saturated carbocycles. The number of nitro benzene ring substituents is 1. The number of hydrazine groups is 1. The number of anilines is 2. The zero-order valence-electron chi connectivity index (χ0n) is 12.1. The van der Waals surface area contributed by atoms with Gasteiger partial charge in [0.25, 0.3) is 0 Å². The van der Waals surface area contributed by atoms with Crippen molar-refractivity contribution in [3.05, 3.63) is 57.6 Å². The predicted octanol–water partition coefficient (Wildman–Crippen LogP) is 3.66. The number of benzene rings is 2. The molecule has 0 saturated heterocycles. The maximum atomic E-state index is 10.8. The second-order valence-corrected chi connectivity index (χ2v) is 4.69. The number of nitrogens with one attached hydrogen (secondary N) is 2. The van der Waals surface area contributed by atoms with Crippen LogP contribution in [0.25, 0.3) is 0 Å². The summed E-state index contributed by atoms with van der Waals surface area (Å²) in [5, 5.41) is 10.8. The Balaban J connectivity index is 2.13. The standard InChI is InChI=1S/C15H17N3O3/c1-10-4-5-12(8-11(10)2)16-17-13-6-7-14(18(19)20)15(9-13)21-3/h4-9,16-17H,1-3H3. The van der Waals surface area contributed by atoms with E-state index in [0.717, 1.165) is 5.69 Å². The van der Waals surface area contributed by atoms with Crippen LogP contribution in [0.5, 0.6) is 5.75 Å². The van der Waals surface area contributed by atoms with E-state index in [1.165, 1.54) is 24.3 Å². The molecule has 0 aromatic heterocycles. The molecule has 0 amide bonds. The average molecular weight is 287 g/mol. The quantitative estimate of drug-likeness (QED) is 0.648. The van der Waals surface area contributed by atoms with E-state index in [2.05, 4.69) is 10.9 Å². The van der Waals surface area contributed by atoms with Crippen LogP contribution in [0, 0.1) is 24.0 Å². The molecule has 2 aromatic carbocycles. The van der Waals surface area contributed by atoms with Crippen molar-refractivity contribution in [2.24, 2.45) is 0 Å². The minimum atomic E-state index is -0.473. The summed E-state index contributed by atoms with van der Waals surface area (Å²) < 4.78 is 5.02. The van der Waals surface area contributed by atoms with Crippen molar-refractivity contribution in [2.75, 3.05) is 18.0 Å². The van der Waals surface area contributed by atoms with Gasteiger partial charge in [0.15, 0.2) is 5.75 Å². The summed E-state index contributed by atoms with van der Waals surface area (Å²) in [4.78, 5) is 10.4. The normalized spacial score (nSPS) is 10.0. The van der Waals surface area contributed by atoms with Crippen molar-refractivity contribution in [3.63, 3.8) is 0 Å². The molecule has 110 valence electrons. The van der Waals surface area contributed by atoms with E-state index in [-0.39, 0.29) is 11.4 Å². The molecular weight excluding hydrogens is 270 g/mol. The predicted molar refractivity (Wildman–Crippen MR) is 82.8 cm³/mol. The number of ether oxygens (including phenoxy) is 1. The number of rotatable bonds is 5. The zero-order chi connectivity index (χ0) is 15.4. The third-order valence-electron chi connectivity index (χ3n) is 3.23. The zero-order valence-corrected chi connectivity index (χ0v) is 12.1. The van der Waals surface area contributed by atoms with Crippen molar-refractivity contribution >= 4 is 17.1 Å². The van der Waals surface area contributed by atoms with E-state index < -0.39 is 4.92 Å².